The molecule has 2 aromatic heterocycles. The molecule has 0 aliphatic carbocycles. The van der Waals surface area contributed by atoms with Crippen LogP contribution in [0.2, 0.25) is 0 Å². The van der Waals surface area contributed by atoms with Crippen molar-refractivity contribution in [3.8, 4) is 0 Å². The van der Waals surface area contributed by atoms with Crippen LogP contribution in [0.3, 0.4) is 0 Å². The van der Waals surface area contributed by atoms with Crippen LogP contribution in [0, 0.1) is 0 Å². The lowest BCUT2D eigenvalue weighted by molar-refractivity contribution is -0.116. The molecule has 0 bridgehead atoms. The van der Waals surface area contributed by atoms with Gasteiger partial charge >= 0.3 is 0 Å². The molecule has 33 heavy (non-hydrogen) atoms. The number of amides is 1. The summed E-state index contributed by atoms with van der Waals surface area (Å²) in [5, 5.41) is 8.57. The van der Waals surface area contributed by atoms with Crippen molar-refractivity contribution < 1.29 is 4.79 Å². The third-order valence-electron chi connectivity index (χ3n) is 5.93. The van der Waals surface area contributed by atoms with E-state index in [-0.39, 0.29) is 17.9 Å². The Labute approximate surface area is 191 Å². The number of nitrogens with one attached hydrogen (secondary N) is 1. The molecule has 0 unspecified atom stereocenters. The summed E-state index contributed by atoms with van der Waals surface area (Å²) in [4.78, 5) is 26.0. The molecular weight excluding hydrogens is 412 g/mol. The van der Waals surface area contributed by atoms with Gasteiger partial charge in [-0.05, 0) is 41.8 Å². The van der Waals surface area contributed by atoms with E-state index >= 15 is 0 Å². The zero-order valence-electron chi connectivity index (χ0n) is 18.4. The van der Waals surface area contributed by atoms with E-state index in [1.54, 1.807) is 29.1 Å². The molecule has 164 valence electrons. The van der Waals surface area contributed by atoms with Crippen molar-refractivity contribution in [2.75, 3.05) is 5.32 Å². The number of pyridine rings is 1. The Balaban J connectivity index is 1.43. The van der Waals surface area contributed by atoms with Crippen LogP contribution in [0.4, 0.5) is 5.82 Å². The molecule has 2 heterocycles. The van der Waals surface area contributed by atoms with Crippen molar-refractivity contribution in [3.05, 3.63) is 106 Å². The molecule has 0 spiro atoms. The molecule has 6 heteroatoms. The molecule has 0 saturated carbocycles. The van der Waals surface area contributed by atoms with Gasteiger partial charge in [0.05, 0.1) is 23.8 Å². The fourth-order valence-electron chi connectivity index (χ4n) is 4.19. The lowest BCUT2D eigenvalue weighted by Crippen LogP contribution is -2.23. The fourth-order valence-corrected chi connectivity index (χ4v) is 4.19. The van der Waals surface area contributed by atoms with Crippen molar-refractivity contribution >= 4 is 33.5 Å². The third kappa shape index (κ3) is 4.03. The first-order valence-electron chi connectivity index (χ1n) is 11.0. The number of aromatic nitrogens is 3. The summed E-state index contributed by atoms with van der Waals surface area (Å²) in [5.41, 5.74) is 3.85. The number of anilines is 1. The molecule has 0 atom stereocenters. The van der Waals surface area contributed by atoms with E-state index in [1.807, 2.05) is 41.0 Å². The predicted octanol–water partition coefficient (Wildman–Crippen LogP) is 4.60. The first-order chi connectivity index (χ1) is 16.1. The zero-order valence-corrected chi connectivity index (χ0v) is 18.4. The summed E-state index contributed by atoms with van der Waals surface area (Å²) < 4.78 is 3.67. The molecule has 3 aromatic carbocycles. The van der Waals surface area contributed by atoms with E-state index < -0.39 is 0 Å². The second-order valence-corrected chi connectivity index (χ2v) is 8.04. The Morgan fingerprint density at radius 3 is 2.09 bits per heavy atom. The molecule has 0 aliphatic heterocycles. The van der Waals surface area contributed by atoms with Crippen LogP contribution in [0.1, 0.15) is 18.1 Å². The summed E-state index contributed by atoms with van der Waals surface area (Å²) >= 11 is 0. The predicted molar refractivity (Wildman–Crippen MR) is 131 cm³/mol. The van der Waals surface area contributed by atoms with Gasteiger partial charge in [0.2, 0.25) is 5.91 Å². The number of nitrogens with zero attached hydrogens (tertiary/aromatic N) is 3. The Hall–Kier alpha value is -4.19. The van der Waals surface area contributed by atoms with Crippen LogP contribution in [-0.2, 0) is 24.3 Å². The average molecular weight is 437 g/mol. The van der Waals surface area contributed by atoms with Gasteiger partial charge in [-0.25, -0.2) is 4.68 Å². The molecule has 0 aliphatic rings. The number of carbonyl (C=O) groups excluding carboxylic acids is 1. The molecule has 6 nitrogen and oxygen atoms in total. The molecule has 0 saturated heterocycles. The van der Waals surface area contributed by atoms with Crippen molar-refractivity contribution in [2.45, 2.75) is 26.4 Å². The highest BCUT2D eigenvalue weighted by Gasteiger charge is 2.14. The van der Waals surface area contributed by atoms with Crippen LogP contribution in [0.15, 0.2) is 89.9 Å². The Morgan fingerprint density at radius 2 is 1.45 bits per heavy atom. The van der Waals surface area contributed by atoms with E-state index in [9.17, 15) is 9.59 Å². The van der Waals surface area contributed by atoms with Gasteiger partial charge in [0, 0.05) is 16.8 Å². The monoisotopic (exact) mass is 436 g/mol. The summed E-state index contributed by atoms with van der Waals surface area (Å²) in [6, 6.07) is 25.0. The van der Waals surface area contributed by atoms with E-state index in [4.69, 9.17) is 0 Å². The minimum Gasteiger partial charge on any atom is -0.331 e. The Bertz CT molecular complexity index is 1450. The van der Waals surface area contributed by atoms with Gasteiger partial charge in [-0.2, -0.15) is 5.10 Å². The number of hydrogen-bond acceptors (Lipinski definition) is 3. The minimum absolute atomic E-state index is 0.0231. The number of fused-ring (bicyclic) bond motifs is 2. The molecular formula is C27H24N4O2. The number of aryl methyl sites for hydroxylation is 1. The highest BCUT2D eigenvalue weighted by Crippen LogP contribution is 2.19. The summed E-state index contributed by atoms with van der Waals surface area (Å²) in [7, 11) is 0. The summed E-state index contributed by atoms with van der Waals surface area (Å²) in [6.45, 7) is 2.78. The van der Waals surface area contributed by atoms with Crippen LogP contribution in [-0.4, -0.2) is 20.3 Å². The zero-order chi connectivity index (χ0) is 22.8. The maximum absolute atomic E-state index is 13.1. The van der Waals surface area contributed by atoms with Gasteiger partial charge in [-0.15, -0.1) is 0 Å². The van der Waals surface area contributed by atoms with Gasteiger partial charge in [-0.3, -0.25) is 9.59 Å². The van der Waals surface area contributed by atoms with Crippen LogP contribution < -0.4 is 10.7 Å². The Kier molecular flexibility index (Phi) is 5.48. The number of rotatable bonds is 6. The van der Waals surface area contributed by atoms with Crippen molar-refractivity contribution in [1.82, 2.24) is 14.3 Å². The standard InChI is InChI=1S/C27H24N4O2/c1-2-19-11-13-20(14-12-19)17-31-25(15-16-28-31)29-26(32)18-30-23-9-5-3-7-21(23)27(33)22-8-4-6-10-24(22)30/h3-16H,2,17-18H2,1H3,(H,29,32). The van der Waals surface area contributed by atoms with Gasteiger partial charge in [0.15, 0.2) is 5.43 Å². The molecule has 1 amide bonds. The molecule has 1 N–H and O–H groups in total. The quantitative estimate of drug-likeness (QED) is 0.396. The normalized spacial score (nSPS) is 11.2. The smallest absolute Gasteiger partial charge is 0.245 e. The SMILES string of the molecule is CCc1ccc(Cn2nccc2NC(=O)Cn2c3ccccc3c(=O)c3ccccc32)cc1. The second kappa shape index (κ2) is 8.74. The maximum Gasteiger partial charge on any atom is 0.245 e. The van der Waals surface area contributed by atoms with Gasteiger partial charge in [0.25, 0.3) is 0 Å². The molecule has 5 rings (SSSR count). The highest BCUT2D eigenvalue weighted by molar-refractivity contribution is 5.96. The Morgan fingerprint density at radius 1 is 0.848 bits per heavy atom. The number of hydrogen-bond donors (Lipinski definition) is 1. The van der Waals surface area contributed by atoms with Crippen molar-refractivity contribution in [1.29, 1.82) is 0 Å². The van der Waals surface area contributed by atoms with Crippen LogP contribution in [0.25, 0.3) is 21.8 Å². The number of benzene rings is 3. The van der Waals surface area contributed by atoms with E-state index in [2.05, 4.69) is 41.6 Å². The van der Waals surface area contributed by atoms with Gasteiger partial charge in [0.1, 0.15) is 12.4 Å². The summed E-state index contributed by atoms with van der Waals surface area (Å²) in [5.74, 6) is 0.450. The topological polar surface area (TPSA) is 68.9 Å². The lowest BCUT2D eigenvalue weighted by Gasteiger charge is -2.15. The van der Waals surface area contributed by atoms with Crippen molar-refractivity contribution in [2.24, 2.45) is 0 Å². The molecule has 5 aromatic rings. The fraction of sp³-hybridized carbons (Fsp3) is 0.148. The van der Waals surface area contributed by atoms with Crippen LogP contribution in [0.5, 0.6) is 0 Å². The van der Waals surface area contributed by atoms with Gasteiger partial charge in [-0.1, -0.05) is 55.5 Å². The van der Waals surface area contributed by atoms with Gasteiger partial charge < -0.3 is 9.88 Å². The van der Waals surface area contributed by atoms with Crippen LogP contribution >= 0.6 is 0 Å². The molecule has 0 fully saturated rings. The molecule has 0 radical (unpaired) electrons. The number of carbonyl (C=O) groups is 1. The minimum atomic E-state index is -0.183. The lowest BCUT2D eigenvalue weighted by atomic mass is 10.1. The summed E-state index contributed by atoms with van der Waals surface area (Å²) in [6.07, 6.45) is 2.68. The van der Waals surface area contributed by atoms with E-state index in [1.165, 1.54) is 5.56 Å². The maximum atomic E-state index is 13.1. The first-order valence-corrected chi connectivity index (χ1v) is 11.0. The first kappa shape index (κ1) is 20.7. The largest absolute Gasteiger partial charge is 0.331 e. The second-order valence-electron chi connectivity index (χ2n) is 8.04. The highest BCUT2D eigenvalue weighted by atomic mass is 16.2. The third-order valence-corrected chi connectivity index (χ3v) is 5.93. The number of para-hydroxylation sites is 2. The average Bonchev–Trinajstić information content (AvgIpc) is 3.28. The van der Waals surface area contributed by atoms with E-state index in [0.717, 1.165) is 23.0 Å². The van der Waals surface area contributed by atoms with Crippen molar-refractivity contribution in [3.63, 3.8) is 0 Å². The van der Waals surface area contributed by atoms with E-state index in [0.29, 0.717) is 23.1 Å².